The molecule has 13 heavy (non-hydrogen) atoms. The van der Waals surface area contributed by atoms with Gasteiger partial charge in [0.1, 0.15) is 11.3 Å². The van der Waals surface area contributed by atoms with E-state index < -0.39 is 0 Å². The number of furan rings is 1. The second-order valence-corrected chi connectivity index (χ2v) is 3.43. The molecule has 2 heteroatoms. The van der Waals surface area contributed by atoms with Gasteiger partial charge in [-0.25, -0.2) is 0 Å². The second-order valence-electron chi connectivity index (χ2n) is 3.43. The molecule has 3 rings (SSSR count). The van der Waals surface area contributed by atoms with Crippen molar-refractivity contribution in [3.8, 4) is 5.75 Å². The molecule has 1 aromatic heterocycles. The van der Waals surface area contributed by atoms with Gasteiger partial charge in [-0.3, -0.25) is 0 Å². The van der Waals surface area contributed by atoms with Crippen molar-refractivity contribution in [2.24, 2.45) is 0 Å². The monoisotopic (exact) mass is 174 g/mol. The lowest BCUT2D eigenvalue weighted by molar-refractivity contribution is 0.354. The van der Waals surface area contributed by atoms with Crippen LogP contribution in [0.1, 0.15) is 11.1 Å². The summed E-state index contributed by atoms with van der Waals surface area (Å²) in [5.41, 5.74) is 3.40. The van der Waals surface area contributed by atoms with Crippen LogP contribution in [0.5, 0.6) is 5.75 Å². The van der Waals surface area contributed by atoms with E-state index in [0.717, 1.165) is 29.9 Å². The SMILES string of the molecule is Cc1c2c(cc3ccoc13)CCO2. The van der Waals surface area contributed by atoms with E-state index >= 15 is 0 Å². The van der Waals surface area contributed by atoms with Crippen molar-refractivity contribution in [2.75, 3.05) is 6.61 Å². The largest absolute Gasteiger partial charge is 0.493 e. The summed E-state index contributed by atoms with van der Waals surface area (Å²) in [6.07, 6.45) is 2.75. The van der Waals surface area contributed by atoms with Crippen LogP contribution >= 0.6 is 0 Å². The highest BCUT2D eigenvalue weighted by Crippen LogP contribution is 2.35. The van der Waals surface area contributed by atoms with Crippen molar-refractivity contribution in [1.29, 1.82) is 0 Å². The molecule has 2 heterocycles. The number of aryl methyl sites for hydroxylation is 1. The van der Waals surface area contributed by atoms with Crippen molar-refractivity contribution in [1.82, 2.24) is 0 Å². The summed E-state index contributed by atoms with van der Waals surface area (Å²) < 4.78 is 10.9. The molecule has 1 aliphatic heterocycles. The van der Waals surface area contributed by atoms with Crippen LogP contribution in [0.25, 0.3) is 11.0 Å². The van der Waals surface area contributed by atoms with E-state index in [4.69, 9.17) is 9.15 Å². The summed E-state index contributed by atoms with van der Waals surface area (Å²) >= 11 is 0. The first kappa shape index (κ1) is 7.01. The minimum absolute atomic E-state index is 0.808. The molecule has 0 aliphatic carbocycles. The van der Waals surface area contributed by atoms with E-state index in [1.807, 2.05) is 6.07 Å². The predicted molar refractivity (Wildman–Crippen MR) is 50.2 cm³/mol. The van der Waals surface area contributed by atoms with Gasteiger partial charge in [-0.1, -0.05) is 0 Å². The molecule has 0 bridgehead atoms. The normalized spacial score (nSPS) is 14.5. The molecule has 66 valence electrons. The molecule has 0 saturated carbocycles. The Kier molecular flexibility index (Phi) is 1.23. The highest BCUT2D eigenvalue weighted by molar-refractivity contribution is 5.84. The van der Waals surface area contributed by atoms with Gasteiger partial charge in [0.25, 0.3) is 0 Å². The molecule has 0 unspecified atom stereocenters. The topological polar surface area (TPSA) is 22.4 Å². The highest BCUT2D eigenvalue weighted by atomic mass is 16.5. The van der Waals surface area contributed by atoms with Crippen LogP contribution in [-0.2, 0) is 6.42 Å². The molecule has 0 radical (unpaired) electrons. The lowest BCUT2D eigenvalue weighted by Gasteiger charge is -2.03. The number of hydrogen-bond acceptors (Lipinski definition) is 2. The number of fused-ring (bicyclic) bond motifs is 2. The maximum absolute atomic E-state index is 5.55. The van der Waals surface area contributed by atoms with E-state index in [9.17, 15) is 0 Å². The number of benzene rings is 1. The molecular formula is C11H10O2. The van der Waals surface area contributed by atoms with Gasteiger partial charge in [0.2, 0.25) is 0 Å². The van der Waals surface area contributed by atoms with Crippen LogP contribution in [0.2, 0.25) is 0 Å². The number of rotatable bonds is 0. The number of hydrogen-bond donors (Lipinski definition) is 0. The van der Waals surface area contributed by atoms with E-state index in [1.165, 1.54) is 10.9 Å². The molecule has 1 aromatic carbocycles. The third kappa shape index (κ3) is 0.829. The van der Waals surface area contributed by atoms with Crippen LogP contribution < -0.4 is 4.74 Å². The first-order valence-electron chi connectivity index (χ1n) is 4.49. The predicted octanol–water partition coefficient (Wildman–Crippen LogP) is 2.68. The maximum Gasteiger partial charge on any atom is 0.140 e. The Balaban J connectivity index is 2.45. The Hall–Kier alpha value is -1.44. The Morgan fingerprint density at radius 3 is 3.23 bits per heavy atom. The van der Waals surface area contributed by atoms with E-state index in [-0.39, 0.29) is 0 Å². The van der Waals surface area contributed by atoms with Gasteiger partial charge in [-0.15, -0.1) is 0 Å². The molecule has 1 aliphatic rings. The van der Waals surface area contributed by atoms with Gasteiger partial charge in [0, 0.05) is 17.4 Å². The van der Waals surface area contributed by atoms with Crippen molar-refractivity contribution in [3.05, 3.63) is 29.5 Å². The summed E-state index contributed by atoms with van der Waals surface area (Å²) in [5.74, 6) is 1.03. The third-order valence-corrected chi connectivity index (χ3v) is 2.62. The van der Waals surface area contributed by atoms with Crippen molar-refractivity contribution in [2.45, 2.75) is 13.3 Å². The first-order chi connectivity index (χ1) is 6.36. The minimum Gasteiger partial charge on any atom is -0.493 e. The summed E-state index contributed by atoms with van der Waals surface area (Å²) in [5, 5.41) is 1.18. The van der Waals surface area contributed by atoms with Crippen LogP contribution in [0.3, 0.4) is 0 Å². The fourth-order valence-electron chi connectivity index (χ4n) is 1.98. The van der Waals surface area contributed by atoms with Crippen molar-refractivity contribution in [3.63, 3.8) is 0 Å². The van der Waals surface area contributed by atoms with Gasteiger partial charge >= 0.3 is 0 Å². The minimum atomic E-state index is 0.808. The Morgan fingerprint density at radius 2 is 2.31 bits per heavy atom. The molecule has 0 spiro atoms. The molecule has 2 aromatic rings. The molecule has 2 nitrogen and oxygen atoms in total. The van der Waals surface area contributed by atoms with Crippen molar-refractivity contribution >= 4 is 11.0 Å². The number of ether oxygens (including phenoxy) is 1. The fraction of sp³-hybridized carbons (Fsp3) is 0.273. The third-order valence-electron chi connectivity index (χ3n) is 2.62. The molecule has 0 N–H and O–H groups in total. The second kappa shape index (κ2) is 2.28. The zero-order valence-corrected chi connectivity index (χ0v) is 7.46. The highest BCUT2D eigenvalue weighted by Gasteiger charge is 2.18. The molecular weight excluding hydrogens is 164 g/mol. The summed E-state index contributed by atoms with van der Waals surface area (Å²) in [7, 11) is 0. The van der Waals surface area contributed by atoms with Gasteiger partial charge in [-0.05, 0) is 24.6 Å². The van der Waals surface area contributed by atoms with Crippen LogP contribution in [0.4, 0.5) is 0 Å². The lowest BCUT2D eigenvalue weighted by Crippen LogP contribution is -1.88. The van der Waals surface area contributed by atoms with E-state index in [1.54, 1.807) is 6.26 Å². The smallest absolute Gasteiger partial charge is 0.140 e. The molecule has 0 atom stereocenters. The van der Waals surface area contributed by atoms with Crippen LogP contribution in [0.15, 0.2) is 22.8 Å². The maximum atomic E-state index is 5.55. The van der Waals surface area contributed by atoms with Gasteiger partial charge in [0.05, 0.1) is 12.9 Å². The summed E-state index contributed by atoms with van der Waals surface area (Å²) in [6, 6.07) is 4.16. The average molecular weight is 174 g/mol. The van der Waals surface area contributed by atoms with Gasteiger partial charge < -0.3 is 9.15 Å². The Morgan fingerprint density at radius 1 is 1.38 bits per heavy atom. The van der Waals surface area contributed by atoms with Crippen LogP contribution in [0, 0.1) is 6.92 Å². The van der Waals surface area contributed by atoms with Crippen LogP contribution in [-0.4, -0.2) is 6.61 Å². The van der Waals surface area contributed by atoms with Gasteiger partial charge in [-0.2, -0.15) is 0 Å². The van der Waals surface area contributed by atoms with Gasteiger partial charge in [0.15, 0.2) is 0 Å². The van der Waals surface area contributed by atoms with E-state index in [2.05, 4.69) is 13.0 Å². The first-order valence-corrected chi connectivity index (χ1v) is 4.49. The van der Waals surface area contributed by atoms with E-state index in [0.29, 0.717) is 0 Å². The van der Waals surface area contributed by atoms with Crippen molar-refractivity contribution < 1.29 is 9.15 Å². The lowest BCUT2D eigenvalue weighted by atomic mass is 10.1. The fourth-order valence-corrected chi connectivity index (χ4v) is 1.98. The quantitative estimate of drug-likeness (QED) is 0.612. The average Bonchev–Trinajstić information content (AvgIpc) is 2.71. The molecule has 0 amide bonds. The molecule has 0 fully saturated rings. The summed E-state index contributed by atoms with van der Waals surface area (Å²) in [6.45, 7) is 2.86. The standard InChI is InChI=1S/C11H10O2/c1-7-10-8(2-4-12-10)6-9-3-5-13-11(7)9/h2,4,6H,3,5H2,1H3. The Bertz CT molecular complexity index is 468. The zero-order chi connectivity index (χ0) is 8.84. The Labute approximate surface area is 76.1 Å². The summed E-state index contributed by atoms with van der Waals surface area (Å²) in [4.78, 5) is 0. The zero-order valence-electron chi connectivity index (χ0n) is 7.46. The molecule has 0 saturated heterocycles.